The Balaban J connectivity index is 1.66. The third-order valence-electron chi connectivity index (χ3n) is 3.81. The second kappa shape index (κ2) is 6.42. The summed E-state index contributed by atoms with van der Waals surface area (Å²) in [6.45, 7) is 0. The predicted molar refractivity (Wildman–Crippen MR) is 104 cm³/mol. The van der Waals surface area contributed by atoms with Gasteiger partial charge in [0.1, 0.15) is 5.52 Å². The summed E-state index contributed by atoms with van der Waals surface area (Å²) < 4.78 is 2.98. The van der Waals surface area contributed by atoms with Crippen LogP contribution in [-0.4, -0.2) is 26.0 Å². The molecule has 0 radical (unpaired) electrons. The molecule has 0 amide bonds. The predicted octanol–water partition coefficient (Wildman–Crippen LogP) is 4.38. The summed E-state index contributed by atoms with van der Waals surface area (Å²) in [6.07, 6.45) is 1.67. The molecule has 4 rings (SSSR count). The molecular formula is C17H12BrClN6. The van der Waals surface area contributed by atoms with Crippen LogP contribution in [-0.2, 0) is 7.05 Å². The summed E-state index contributed by atoms with van der Waals surface area (Å²) in [5.74, 6) is 0.336. The van der Waals surface area contributed by atoms with E-state index in [4.69, 9.17) is 11.6 Å². The van der Waals surface area contributed by atoms with Crippen LogP contribution < -0.4 is 5.43 Å². The van der Waals surface area contributed by atoms with Crippen LogP contribution in [0.5, 0.6) is 0 Å². The first-order valence-corrected chi connectivity index (χ1v) is 8.62. The van der Waals surface area contributed by atoms with Gasteiger partial charge in [0, 0.05) is 21.9 Å². The lowest BCUT2D eigenvalue weighted by atomic mass is 10.2. The van der Waals surface area contributed by atoms with Gasteiger partial charge in [0.05, 0.1) is 11.7 Å². The number of fused-ring (bicyclic) bond motifs is 3. The van der Waals surface area contributed by atoms with E-state index in [9.17, 15) is 0 Å². The van der Waals surface area contributed by atoms with Gasteiger partial charge in [-0.25, -0.2) is 5.43 Å². The number of nitrogens with zero attached hydrogens (tertiary/aromatic N) is 5. The molecule has 0 aliphatic rings. The van der Waals surface area contributed by atoms with Crippen LogP contribution in [0.25, 0.3) is 22.1 Å². The highest BCUT2D eigenvalue weighted by molar-refractivity contribution is 9.10. The van der Waals surface area contributed by atoms with Gasteiger partial charge in [-0.05, 0) is 35.9 Å². The minimum Gasteiger partial charge on any atom is -0.327 e. The molecule has 0 aliphatic carbocycles. The minimum atomic E-state index is 0.336. The van der Waals surface area contributed by atoms with E-state index in [1.54, 1.807) is 18.3 Å². The number of hydrazone groups is 1. The summed E-state index contributed by atoms with van der Waals surface area (Å²) in [6, 6.07) is 13.4. The first-order chi connectivity index (χ1) is 12.1. The fourth-order valence-corrected chi connectivity index (χ4v) is 3.08. The molecule has 25 heavy (non-hydrogen) atoms. The molecule has 0 bridgehead atoms. The maximum atomic E-state index is 5.86. The molecule has 2 aromatic carbocycles. The lowest BCUT2D eigenvalue weighted by Crippen LogP contribution is -2.00. The molecule has 0 spiro atoms. The van der Waals surface area contributed by atoms with Gasteiger partial charge in [-0.1, -0.05) is 39.7 Å². The Morgan fingerprint density at radius 3 is 2.76 bits per heavy atom. The van der Waals surface area contributed by atoms with Crippen molar-refractivity contribution in [2.24, 2.45) is 12.1 Å². The summed E-state index contributed by atoms with van der Waals surface area (Å²) in [5, 5.41) is 14.2. The quantitative estimate of drug-likeness (QED) is 0.398. The third-order valence-corrected chi connectivity index (χ3v) is 4.55. The Labute approximate surface area is 156 Å². The van der Waals surface area contributed by atoms with Crippen LogP contribution in [0.1, 0.15) is 5.56 Å². The number of rotatable bonds is 3. The van der Waals surface area contributed by atoms with Crippen LogP contribution in [0.3, 0.4) is 0 Å². The van der Waals surface area contributed by atoms with Crippen LogP contribution in [0, 0.1) is 0 Å². The Morgan fingerprint density at radius 1 is 1.16 bits per heavy atom. The van der Waals surface area contributed by atoms with Gasteiger partial charge in [0.2, 0.25) is 0 Å². The number of nitrogens with one attached hydrogen (secondary N) is 1. The summed E-state index contributed by atoms with van der Waals surface area (Å²) in [5.41, 5.74) is 6.27. The number of hydrogen-bond donors (Lipinski definition) is 1. The average Bonchev–Trinajstić information content (AvgIpc) is 2.88. The normalized spacial score (nSPS) is 11.6. The molecule has 8 heteroatoms. The van der Waals surface area contributed by atoms with Gasteiger partial charge in [-0.3, -0.25) is 0 Å². The topological polar surface area (TPSA) is 68.0 Å². The van der Waals surface area contributed by atoms with Crippen LogP contribution in [0.4, 0.5) is 5.95 Å². The second-order valence-corrected chi connectivity index (χ2v) is 6.80. The van der Waals surface area contributed by atoms with Crippen molar-refractivity contribution in [3.63, 3.8) is 0 Å². The lowest BCUT2D eigenvalue weighted by Gasteiger charge is -1.99. The van der Waals surface area contributed by atoms with Crippen molar-refractivity contribution >= 4 is 61.8 Å². The molecular weight excluding hydrogens is 404 g/mol. The molecule has 0 saturated carbocycles. The molecule has 0 atom stereocenters. The van der Waals surface area contributed by atoms with Crippen molar-refractivity contribution in [3.05, 3.63) is 57.5 Å². The molecule has 0 saturated heterocycles. The molecule has 6 nitrogen and oxygen atoms in total. The van der Waals surface area contributed by atoms with E-state index in [2.05, 4.69) is 41.6 Å². The molecule has 0 fully saturated rings. The van der Waals surface area contributed by atoms with Crippen molar-refractivity contribution in [1.29, 1.82) is 0 Å². The Kier molecular flexibility index (Phi) is 4.10. The zero-order chi connectivity index (χ0) is 17.4. The van der Waals surface area contributed by atoms with E-state index in [0.29, 0.717) is 11.0 Å². The minimum absolute atomic E-state index is 0.336. The fraction of sp³-hybridized carbons (Fsp3) is 0.0588. The molecule has 0 aliphatic heterocycles. The van der Waals surface area contributed by atoms with E-state index in [0.717, 1.165) is 32.1 Å². The van der Waals surface area contributed by atoms with Crippen molar-refractivity contribution in [2.45, 2.75) is 0 Å². The molecule has 1 N–H and O–H groups in total. The standard InChI is InChI=1S/C17H12BrClN6/c1-25-14-7-4-11(18)8-13(14)15-16(25)21-17(24-22-15)23-20-9-10-2-5-12(19)6-3-10/h2-9H,1H3,(H,21,23,24)/b20-9+. The van der Waals surface area contributed by atoms with Crippen molar-refractivity contribution < 1.29 is 0 Å². The van der Waals surface area contributed by atoms with Gasteiger partial charge >= 0.3 is 0 Å². The zero-order valence-electron chi connectivity index (χ0n) is 13.1. The summed E-state index contributed by atoms with van der Waals surface area (Å²) in [7, 11) is 1.95. The van der Waals surface area contributed by atoms with Gasteiger partial charge in [-0.2, -0.15) is 10.1 Å². The van der Waals surface area contributed by atoms with Crippen LogP contribution >= 0.6 is 27.5 Å². The highest BCUT2D eigenvalue weighted by Crippen LogP contribution is 2.27. The number of anilines is 1. The van der Waals surface area contributed by atoms with Gasteiger partial charge in [0.15, 0.2) is 5.65 Å². The van der Waals surface area contributed by atoms with E-state index < -0.39 is 0 Å². The van der Waals surface area contributed by atoms with Crippen LogP contribution in [0.2, 0.25) is 5.02 Å². The van der Waals surface area contributed by atoms with Gasteiger partial charge in [-0.15, -0.1) is 10.2 Å². The van der Waals surface area contributed by atoms with Crippen molar-refractivity contribution in [2.75, 3.05) is 5.43 Å². The number of aryl methyl sites for hydroxylation is 1. The maximum Gasteiger partial charge on any atom is 0.265 e. The highest BCUT2D eigenvalue weighted by atomic mass is 79.9. The number of benzene rings is 2. The lowest BCUT2D eigenvalue weighted by molar-refractivity contribution is 0.949. The second-order valence-electron chi connectivity index (χ2n) is 5.45. The maximum absolute atomic E-state index is 5.86. The van der Waals surface area contributed by atoms with E-state index >= 15 is 0 Å². The third kappa shape index (κ3) is 3.08. The van der Waals surface area contributed by atoms with Crippen LogP contribution in [0.15, 0.2) is 52.0 Å². The van der Waals surface area contributed by atoms with Gasteiger partial charge < -0.3 is 4.57 Å². The number of aromatic nitrogens is 4. The molecule has 2 heterocycles. The Bertz CT molecular complexity index is 1100. The van der Waals surface area contributed by atoms with Crippen molar-refractivity contribution in [1.82, 2.24) is 19.7 Å². The first-order valence-electron chi connectivity index (χ1n) is 7.45. The monoisotopic (exact) mass is 414 g/mol. The summed E-state index contributed by atoms with van der Waals surface area (Å²) >= 11 is 9.35. The smallest absolute Gasteiger partial charge is 0.265 e. The Hall–Kier alpha value is -2.51. The van der Waals surface area contributed by atoms with Crippen molar-refractivity contribution in [3.8, 4) is 0 Å². The molecule has 124 valence electrons. The molecule has 4 aromatic rings. The van der Waals surface area contributed by atoms with E-state index in [1.807, 2.05) is 41.9 Å². The van der Waals surface area contributed by atoms with E-state index in [-0.39, 0.29) is 0 Å². The fourth-order valence-electron chi connectivity index (χ4n) is 2.59. The van der Waals surface area contributed by atoms with E-state index in [1.165, 1.54) is 0 Å². The largest absolute Gasteiger partial charge is 0.327 e. The first kappa shape index (κ1) is 16.0. The highest BCUT2D eigenvalue weighted by Gasteiger charge is 2.12. The number of hydrogen-bond acceptors (Lipinski definition) is 5. The number of halogens is 2. The zero-order valence-corrected chi connectivity index (χ0v) is 15.5. The Morgan fingerprint density at radius 2 is 1.96 bits per heavy atom. The summed E-state index contributed by atoms with van der Waals surface area (Å²) in [4.78, 5) is 4.52. The SMILES string of the molecule is Cn1c2ccc(Br)cc2c2nnc(N/N=C/c3ccc(Cl)cc3)nc21. The average molecular weight is 416 g/mol. The van der Waals surface area contributed by atoms with Gasteiger partial charge in [0.25, 0.3) is 5.95 Å². The molecule has 2 aromatic heterocycles. The molecule has 0 unspecified atom stereocenters.